The number of benzene rings is 2. The van der Waals surface area contributed by atoms with Crippen LogP contribution in [0.15, 0.2) is 85.1 Å². The number of aromatic amines is 1. The van der Waals surface area contributed by atoms with Crippen LogP contribution in [-0.4, -0.2) is 45.9 Å². The van der Waals surface area contributed by atoms with E-state index in [9.17, 15) is 14.4 Å². The molecular formula is C33H35N5O4. The number of fused-ring (bicyclic) bond motifs is 1. The molecule has 0 bridgehead atoms. The zero-order valence-corrected chi connectivity index (χ0v) is 23.8. The van der Waals surface area contributed by atoms with Crippen molar-refractivity contribution in [3.63, 3.8) is 0 Å². The van der Waals surface area contributed by atoms with Gasteiger partial charge in [0.1, 0.15) is 12.4 Å². The summed E-state index contributed by atoms with van der Waals surface area (Å²) >= 11 is 0. The van der Waals surface area contributed by atoms with Gasteiger partial charge < -0.3 is 25.3 Å². The minimum absolute atomic E-state index is 0.123. The molecule has 2 aromatic heterocycles. The number of ether oxygens (including phenoxy) is 1. The fourth-order valence-corrected chi connectivity index (χ4v) is 4.94. The molecule has 3 heterocycles. The number of carbonyl (C=O) groups excluding carboxylic acids is 3. The van der Waals surface area contributed by atoms with Gasteiger partial charge in [-0.25, -0.2) is 9.78 Å². The Kier molecular flexibility index (Phi) is 8.66. The fraction of sp³-hybridized carbons (Fsp3) is 0.273. The summed E-state index contributed by atoms with van der Waals surface area (Å²) in [5.74, 6) is -0.131. The first-order valence-electron chi connectivity index (χ1n) is 14.1. The van der Waals surface area contributed by atoms with Gasteiger partial charge in [0.25, 0.3) is 0 Å². The molecule has 5 rings (SSSR count). The van der Waals surface area contributed by atoms with Crippen molar-refractivity contribution in [3.05, 3.63) is 102 Å². The first-order chi connectivity index (χ1) is 20.3. The van der Waals surface area contributed by atoms with Gasteiger partial charge in [-0.1, -0.05) is 48.5 Å². The second kappa shape index (κ2) is 12.7. The molecule has 0 spiro atoms. The number of rotatable bonds is 8. The molecule has 9 heteroatoms. The molecule has 2 aromatic carbocycles. The van der Waals surface area contributed by atoms with Crippen LogP contribution in [0.3, 0.4) is 0 Å². The van der Waals surface area contributed by atoms with Crippen LogP contribution in [0.5, 0.6) is 0 Å². The van der Waals surface area contributed by atoms with Crippen LogP contribution in [0, 0.1) is 5.92 Å². The van der Waals surface area contributed by atoms with Crippen molar-refractivity contribution in [3.8, 4) is 0 Å². The highest BCUT2D eigenvalue weighted by Crippen LogP contribution is 2.24. The molecule has 0 atom stereocenters. The van der Waals surface area contributed by atoms with E-state index in [1.807, 2.05) is 74.5 Å². The minimum atomic E-state index is -0.592. The Balaban J connectivity index is 1.07. The lowest BCUT2D eigenvalue weighted by Gasteiger charge is -2.30. The number of carbonyl (C=O) groups is 3. The number of hydrogen-bond donors (Lipinski definition) is 3. The van der Waals surface area contributed by atoms with Gasteiger partial charge in [-0.15, -0.1) is 0 Å². The van der Waals surface area contributed by atoms with E-state index < -0.39 is 5.54 Å². The molecule has 0 saturated carbocycles. The van der Waals surface area contributed by atoms with Crippen LogP contribution in [0.4, 0.5) is 10.6 Å². The molecule has 3 amide bonds. The highest BCUT2D eigenvalue weighted by atomic mass is 16.6. The number of para-hydroxylation sites is 1. The van der Waals surface area contributed by atoms with Crippen molar-refractivity contribution in [1.82, 2.24) is 20.2 Å². The lowest BCUT2D eigenvalue weighted by Crippen LogP contribution is -2.41. The lowest BCUT2D eigenvalue weighted by atomic mass is 9.96. The van der Waals surface area contributed by atoms with Gasteiger partial charge in [0.15, 0.2) is 0 Å². The fourth-order valence-electron chi connectivity index (χ4n) is 4.94. The Hall–Kier alpha value is -4.92. The van der Waals surface area contributed by atoms with Crippen LogP contribution >= 0.6 is 0 Å². The predicted octanol–water partition coefficient (Wildman–Crippen LogP) is 5.61. The van der Waals surface area contributed by atoms with Gasteiger partial charge in [-0.3, -0.25) is 9.59 Å². The number of nitrogens with zero attached hydrogens (tertiary/aromatic N) is 2. The molecule has 4 aromatic rings. The minimum Gasteiger partial charge on any atom is -0.445 e. The Morgan fingerprint density at radius 3 is 2.48 bits per heavy atom. The quantitative estimate of drug-likeness (QED) is 0.240. The van der Waals surface area contributed by atoms with E-state index in [1.54, 1.807) is 29.3 Å². The zero-order chi connectivity index (χ0) is 29.5. The molecule has 1 aliphatic heterocycles. The lowest BCUT2D eigenvalue weighted by molar-refractivity contribution is -0.121. The van der Waals surface area contributed by atoms with E-state index in [2.05, 4.69) is 20.6 Å². The second-order valence-electron chi connectivity index (χ2n) is 11.0. The van der Waals surface area contributed by atoms with Gasteiger partial charge in [0.2, 0.25) is 11.8 Å². The number of hydrogen-bond acceptors (Lipinski definition) is 5. The van der Waals surface area contributed by atoms with E-state index in [1.165, 1.54) is 6.08 Å². The summed E-state index contributed by atoms with van der Waals surface area (Å²) in [5.41, 5.74) is 3.01. The van der Waals surface area contributed by atoms with Gasteiger partial charge in [-0.05, 0) is 73.5 Å². The predicted molar refractivity (Wildman–Crippen MR) is 162 cm³/mol. The molecule has 216 valence electrons. The van der Waals surface area contributed by atoms with E-state index in [-0.39, 0.29) is 30.4 Å². The molecular weight excluding hydrogens is 530 g/mol. The molecule has 0 unspecified atom stereocenters. The summed E-state index contributed by atoms with van der Waals surface area (Å²) in [4.78, 5) is 47.2. The maximum atomic E-state index is 12.8. The SMILES string of the molecule is CC(C)(NC(=O)C=Cc1ccc(NC(=O)C2CCN(C(=O)OCc3ccccc3)CC2)nc1)c1cc2ccccc2[nH]1. The molecule has 3 N–H and O–H groups in total. The number of anilines is 1. The highest BCUT2D eigenvalue weighted by Gasteiger charge is 2.28. The number of piperidine rings is 1. The van der Waals surface area contributed by atoms with Crippen molar-refractivity contribution in [2.45, 2.75) is 38.8 Å². The first-order valence-corrected chi connectivity index (χ1v) is 14.1. The van der Waals surface area contributed by atoms with E-state index in [0.717, 1.165) is 27.7 Å². The van der Waals surface area contributed by atoms with E-state index >= 15 is 0 Å². The third-order valence-corrected chi connectivity index (χ3v) is 7.43. The summed E-state index contributed by atoms with van der Waals surface area (Å²) < 4.78 is 5.40. The Bertz CT molecular complexity index is 1540. The third kappa shape index (κ3) is 7.23. The van der Waals surface area contributed by atoms with Gasteiger partial charge in [0, 0.05) is 42.5 Å². The third-order valence-electron chi connectivity index (χ3n) is 7.43. The summed E-state index contributed by atoms with van der Waals surface area (Å²) in [5, 5.41) is 6.99. The molecule has 1 fully saturated rings. The van der Waals surface area contributed by atoms with Crippen LogP contribution in [0.25, 0.3) is 17.0 Å². The van der Waals surface area contributed by atoms with Crippen LogP contribution in [0.1, 0.15) is 43.5 Å². The van der Waals surface area contributed by atoms with E-state index in [4.69, 9.17) is 4.74 Å². The van der Waals surface area contributed by atoms with Crippen molar-refractivity contribution >= 4 is 40.7 Å². The standard InChI is InChI=1S/C33H35N5O4/c1-33(2,28-20-26-10-6-7-11-27(26)35-28)37-30(39)15-13-23-12-14-29(34-21-23)36-31(40)25-16-18-38(19-17-25)32(41)42-22-24-8-4-3-5-9-24/h3-15,20-21,25,35H,16-19,22H2,1-2H3,(H,37,39)(H,34,36,40). The highest BCUT2D eigenvalue weighted by molar-refractivity contribution is 5.93. The summed E-state index contributed by atoms with van der Waals surface area (Å²) in [6, 6.07) is 23.1. The molecule has 1 saturated heterocycles. The number of pyridine rings is 1. The van der Waals surface area contributed by atoms with Crippen molar-refractivity contribution < 1.29 is 19.1 Å². The average molecular weight is 566 g/mol. The van der Waals surface area contributed by atoms with Gasteiger partial charge in [-0.2, -0.15) is 0 Å². The second-order valence-corrected chi connectivity index (χ2v) is 11.0. The van der Waals surface area contributed by atoms with Gasteiger partial charge in [0.05, 0.1) is 5.54 Å². The first kappa shape index (κ1) is 28.6. The van der Waals surface area contributed by atoms with Crippen LogP contribution in [-0.2, 0) is 26.5 Å². The molecule has 0 aliphatic carbocycles. The van der Waals surface area contributed by atoms with Crippen LogP contribution < -0.4 is 10.6 Å². The monoisotopic (exact) mass is 565 g/mol. The molecule has 0 radical (unpaired) electrons. The van der Waals surface area contributed by atoms with Gasteiger partial charge >= 0.3 is 6.09 Å². The topological polar surface area (TPSA) is 116 Å². The Morgan fingerprint density at radius 2 is 1.76 bits per heavy atom. The van der Waals surface area contributed by atoms with Crippen molar-refractivity contribution in [1.29, 1.82) is 0 Å². The summed E-state index contributed by atoms with van der Waals surface area (Å²) in [6.07, 6.45) is 5.50. The molecule has 42 heavy (non-hydrogen) atoms. The van der Waals surface area contributed by atoms with Crippen LogP contribution in [0.2, 0.25) is 0 Å². The Morgan fingerprint density at radius 1 is 1.02 bits per heavy atom. The van der Waals surface area contributed by atoms with Crippen molar-refractivity contribution in [2.24, 2.45) is 5.92 Å². The zero-order valence-electron chi connectivity index (χ0n) is 23.8. The van der Waals surface area contributed by atoms with E-state index in [0.29, 0.717) is 31.7 Å². The number of aromatic nitrogens is 2. The number of likely N-dealkylation sites (tertiary alicyclic amines) is 1. The number of H-pyrrole nitrogens is 1. The average Bonchev–Trinajstić information content (AvgIpc) is 3.46. The Labute approximate surface area is 245 Å². The molecule has 9 nitrogen and oxygen atoms in total. The number of amides is 3. The maximum Gasteiger partial charge on any atom is 0.410 e. The van der Waals surface area contributed by atoms with Crippen molar-refractivity contribution in [2.75, 3.05) is 18.4 Å². The number of nitrogens with one attached hydrogen (secondary N) is 3. The largest absolute Gasteiger partial charge is 0.445 e. The summed E-state index contributed by atoms with van der Waals surface area (Å²) in [7, 11) is 0. The smallest absolute Gasteiger partial charge is 0.410 e. The summed E-state index contributed by atoms with van der Waals surface area (Å²) in [6.45, 7) is 5.04. The normalized spacial score (nSPS) is 14.2. The molecule has 1 aliphatic rings. The maximum absolute atomic E-state index is 12.8.